The zero-order valence-corrected chi connectivity index (χ0v) is 9.50. The predicted octanol–water partition coefficient (Wildman–Crippen LogP) is 4.28. The Morgan fingerprint density at radius 2 is 1.76 bits per heavy atom. The minimum atomic E-state index is -0.183. The molecule has 2 heteroatoms. The maximum atomic E-state index is 13.6. The topological polar surface area (TPSA) is 15.8 Å². The average molecular weight is 225 g/mol. The number of H-pyrrole nitrogens is 1. The Hall–Kier alpha value is -2.09. The molecule has 0 bridgehead atoms. The van der Waals surface area contributed by atoms with E-state index in [-0.39, 0.29) is 5.82 Å². The van der Waals surface area contributed by atoms with Gasteiger partial charge in [-0.1, -0.05) is 35.9 Å². The van der Waals surface area contributed by atoms with Crippen molar-refractivity contribution < 1.29 is 4.39 Å². The van der Waals surface area contributed by atoms with Crippen molar-refractivity contribution >= 4 is 10.9 Å². The molecular weight excluding hydrogens is 213 g/mol. The number of benzene rings is 2. The van der Waals surface area contributed by atoms with E-state index < -0.39 is 0 Å². The zero-order chi connectivity index (χ0) is 11.8. The third-order valence-corrected chi connectivity index (χ3v) is 2.97. The molecular formula is C15H12FN. The van der Waals surface area contributed by atoms with E-state index in [0.29, 0.717) is 5.39 Å². The SMILES string of the molecule is Cc1ccc(-c2cc3c(F)cccc3[nH]2)cc1. The van der Waals surface area contributed by atoms with E-state index in [1.807, 2.05) is 24.3 Å². The Bertz CT molecular complexity index is 665. The van der Waals surface area contributed by atoms with Crippen LogP contribution in [0, 0.1) is 12.7 Å². The summed E-state index contributed by atoms with van der Waals surface area (Å²) >= 11 is 0. The van der Waals surface area contributed by atoms with E-state index in [1.165, 1.54) is 11.6 Å². The maximum absolute atomic E-state index is 13.6. The van der Waals surface area contributed by atoms with Crippen molar-refractivity contribution in [1.82, 2.24) is 4.98 Å². The molecule has 0 amide bonds. The van der Waals surface area contributed by atoms with Gasteiger partial charge in [0.1, 0.15) is 5.82 Å². The summed E-state index contributed by atoms with van der Waals surface area (Å²) in [5.41, 5.74) is 4.08. The van der Waals surface area contributed by atoms with Crippen molar-refractivity contribution in [3.63, 3.8) is 0 Å². The van der Waals surface area contributed by atoms with Gasteiger partial charge in [0.2, 0.25) is 0 Å². The van der Waals surface area contributed by atoms with E-state index in [9.17, 15) is 4.39 Å². The molecule has 0 unspecified atom stereocenters. The Kier molecular flexibility index (Phi) is 2.22. The number of hydrogen-bond donors (Lipinski definition) is 1. The molecule has 0 aliphatic heterocycles. The van der Waals surface area contributed by atoms with E-state index in [4.69, 9.17) is 0 Å². The highest BCUT2D eigenvalue weighted by atomic mass is 19.1. The number of halogens is 1. The Morgan fingerprint density at radius 3 is 2.47 bits per heavy atom. The lowest BCUT2D eigenvalue weighted by molar-refractivity contribution is 0.640. The summed E-state index contributed by atoms with van der Waals surface area (Å²) in [7, 11) is 0. The molecule has 0 fully saturated rings. The maximum Gasteiger partial charge on any atom is 0.132 e. The Labute approximate surface area is 98.9 Å². The lowest BCUT2D eigenvalue weighted by Gasteiger charge is -1.97. The second-order valence-corrected chi connectivity index (χ2v) is 4.25. The van der Waals surface area contributed by atoms with Crippen molar-refractivity contribution in [2.24, 2.45) is 0 Å². The fourth-order valence-corrected chi connectivity index (χ4v) is 2.01. The molecule has 0 atom stereocenters. The Morgan fingerprint density at radius 1 is 1.00 bits per heavy atom. The molecule has 0 aliphatic rings. The number of aromatic nitrogens is 1. The highest BCUT2D eigenvalue weighted by molar-refractivity contribution is 5.86. The molecule has 1 N–H and O–H groups in total. The molecule has 0 aliphatic carbocycles. The minimum Gasteiger partial charge on any atom is -0.354 e. The molecule has 0 saturated carbocycles. The molecule has 1 nitrogen and oxygen atoms in total. The molecule has 0 saturated heterocycles. The molecule has 17 heavy (non-hydrogen) atoms. The van der Waals surface area contributed by atoms with Gasteiger partial charge in [-0.05, 0) is 30.7 Å². The van der Waals surface area contributed by atoms with Crippen LogP contribution in [0.2, 0.25) is 0 Å². The highest BCUT2D eigenvalue weighted by Gasteiger charge is 2.06. The van der Waals surface area contributed by atoms with Crippen LogP contribution < -0.4 is 0 Å². The summed E-state index contributed by atoms with van der Waals surface area (Å²) in [6.07, 6.45) is 0. The number of aryl methyl sites for hydroxylation is 1. The van der Waals surface area contributed by atoms with Crippen LogP contribution in [0.3, 0.4) is 0 Å². The number of hydrogen-bond acceptors (Lipinski definition) is 0. The van der Waals surface area contributed by atoms with Crippen LogP contribution in [-0.4, -0.2) is 4.98 Å². The quantitative estimate of drug-likeness (QED) is 0.636. The molecule has 1 aromatic heterocycles. The van der Waals surface area contributed by atoms with Crippen LogP contribution in [-0.2, 0) is 0 Å². The van der Waals surface area contributed by atoms with Crippen LogP contribution in [0.5, 0.6) is 0 Å². The first-order valence-electron chi connectivity index (χ1n) is 5.58. The van der Waals surface area contributed by atoms with Crippen molar-refractivity contribution in [1.29, 1.82) is 0 Å². The van der Waals surface area contributed by atoms with Gasteiger partial charge in [0, 0.05) is 16.6 Å². The fourth-order valence-electron chi connectivity index (χ4n) is 2.01. The molecule has 0 radical (unpaired) electrons. The largest absolute Gasteiger partial charge is 0.354 e. The third-order valence-electron chi connectivity index (χ3n) is 2.97. The van der Waals surface area contributed by atoms with Gasteiger partial charge in [0.15, 0.2) is 0 Å². The minimum absolute atomic E-state index is 0.183. The van der Waals surface area contributed by atoms with Crippen molar-refractivity contribution in [2.45, 2.75) is 6.92 Å². The monoisotopic (exact) mass is 225 g/mol. The molecule has 84 valence electrons. The first-order chi connectivity index (χ1) is 8.24. The lowest BCUT2D eigenvalue weighted by Crippen LogP contribution is -1.77. The molecule has 1 heterocycles. The lowest BCUT2D eigenvalue weighted by atomic mass is 10.1. The average Bonchev–Trinajstić information content (AvgIpc) is 2.75. The van der Waals surface area contributed by atoms with Crippen molar-refractivity contribution in [3.8, 4) is 11.3 Å². The van der Waals surface area contributed by atoms with E-state index >= 15 is 0 Å². The second kappa shape index (κ2) is 3.74. The standard InChI is InChI=1S/C15H12FN/c1-10-5-7-11(8-6-10)15-9-12-13(16)3-2-4-14(12)17-15/h2-9,17H,1H3. The zero-order valence-electron chi connectivity index (χ0n) is 9.50. The Balaban J connectivity index is 2.18. The van der Waals surface area contributed by atoms with Gasteiger partial charge in [-0.3, -0.25) is 0 Å². The summed E-state index contributed by atoms with van der Waals surface area (Å²) in [5.74, 6) is -0.183. The molecule has 3 aromatic rings. The van der Waals surface area contributed by atoms with E-state index in [0.717, 1.165) is 16.8 Å². The molecule has 3 rings (SSSR count). The van der Waals surface area contributed by atoms with Gasteiger partial charge in [-0.15, -0.1) is 0 Å². The first kappa shape index (κ1) is 10.1. The van der Waals surface area contributed by atoms with Crippen LogP contribution in [0.4, 0.5) is 4.39 Å². The fraction of sp³-hybridized carbons (Fsp3) is 0.0667. The summed E-state index contributed by atoms with van der Waals surface area (Å²) in [5, 5.41) is 0.642. The summed E-state index contributed by atoms with van der Waals surface area (Å²) in [4.78, 5) is 3.23. The first-order valence-corrected chi connectivity index (χ1v) is 5.58. The normalized spacial score (nSPS) is 10.9. The number of fused-ring (bicyclic) bond motifs is 1. The van der Waals surface area contributed by atoms with Crippen molar-refractivity contribution in [3.05, 3.63) is 59.9 Å². The smallest absolute Gasteiger partial charge is 0.132 e. The molecule has 0 spiro atoms. The van der Waals surface area contributed by atoms with Gasteiger partial charge < -0.3 is 4.98 Å². The molecule has 2 aromatic carbocycles. The van der Waals surface area contributed by atoms with Crippen LogP contribution in [0.25, 0.3) is 22.2 Å². The van der Waals surface area contributed by atoms with Gasteiger partial charge in [0.05, 0.1) is 0 Å². The van der Waals surface area contributed by atoms with Gasteiger partial charge in [-0.2, -0.15) is 0 Å². The number of aromatic amines is 1. The summed E-state index contributed by atoms with van der Waals surface area (Å²) in [6, 6.07) is 15.1. The van der Waals surface area contributed by atoms with Crippen LogP contribution in [0.15, 0.2) is 48.5 Å². The van der Waals surface area contributed by atoms with Crippen molar-refractivity contribution in [2.75, 3.05) is 0 Å². The second-order valence-electron chi connectivity index (χ2n) is 4.25. The van der Waals surface area contributed by atoms with Crippen LogP contribution in [0.1, 0.15) is 5.56 Å². The van der Waals surface area contributed by atoms with Gasteiger partial charge in [0.25, 0.3) is 0 Å². The van der Waals surface area contributed by atoms with E-state index in [2.05, 4.69) is 24.0 Å². The van der Waals surface area contributed by atoms with Crippen LogP contribution >= 0.6 is 0 Å². The van der Waals surface area contributed by atoms with Gasteiger partial charge in [-0.25, -0.2) is 4.39 Å². The van der Waals surface area contributed by atoms with Gasteiger partial charge >= 0.3 is 0 Å². The highest BCUT2D eigenvalue weighted by Crippen LogP contribution is 2.25. The third kappa shape index (κ3) is 1.72. The summed E-state index contributed by atoms with van der Waals surface area (Å²) < 4.78 is 13.6. The number of rotatable bonds is 1. The van der Waals surface area contributed by atoms with E-state index in [1.54, 1.807) is 6.07 Å². The number of nitrogens with one attached hydrogen (secondary N) is 1. The summed E-state index contributed by atoms with van der Waals surface area (Å²) in [6.45, 7) is 2.05. The predicted molar refractivity (Wildman–Crippen MR) is 68.4 cm³/mol.